The first-order chi connectivity index (χ1) is 10.1. The molecule has 2 N–H and O–H groups in total. The van der Waals surface area contributed by atoms with Gasteiger partial charge in [-0.15, -0.1) is 0 Å². The van der Waals surface area contributed by atoms with Crippen LogP contribution in [0.1, 0.15) is 23.2 Å². The number of fused-ring (bicyclic) bond motifs is 1. The van der Waals surface area contributed by atoms with Crippen LogP contribution in [-0.4, -0.2) is 49.0 Å². The second kappa shape index (κ2) is 5.37. The van der Waals surface area contributed by atoms with Crippen LogP contribution < -0.4 is 10.6 Å². The number of primary amides is 1. The molecule has 1 saturated heterocycles. The molecule has 2 heterocycles. The summed E-state index contributed by atoms with van der Waals surface area (Å²) in [6, 6.07) is 7.37. The van der Waals surface area contributed by atoms with Crippen LogP contribution in [-0.2, 0) is 0 Å². The van der Waals surface area contributed by atoms with Gasteiger partial charge in [-0.25, -0.2) is 0 Å². The number of nitrogens with two attached hydrogens (primary N) is 1. The molecule has 1 aromatic carbocycles. The Morgan fingerprint density at radius 1 is 1.48 bits per heavy atom. The number of anilines is 1. The third-order valence-corrected chi connectivity index (χ3v) is 4.05. The van der Waals surface area contributed by atoms with E-state index in [0.29, 0.717) is 23.2 Å². The predicted molar refractivity (Wildman–Crippen MR) is 80.3 cm³/mol. The number of oxazole rings is 1. The molecule has 0 spiro atoms. The summed E-state index contributed by atoms with van der Waals surface area (Å²) in [4.78, 5) is 20.2. The first kappa shape index (κ1) is 13.9. The molecule has 0 unspecified atom stereocenters. The van der Waals surface area contributed by atoms with Crippen LogP contribution in [0.25, 0.3) is 11.1 Å². The second-order valence-electron chi connectivity index (χ2n) is 5.61. The van der Waals surface area contributed by atoms with E-state index in [1.807, 2.05) is 0 Å². The number of carbonyl (C=O) groups is 1. The van der Waals surface area contributed by atoms with Crippen LogP contribution in [0.15, 0.2) is 16.5 Å². The lowest BCUT2D eigenvalue weighted by Crippen LogP contribution is -2.42. The lowest BCUT2D eigenvalue weighted by Gasteiger charge is -2.34. The Hall–Kier alpha value is -2.08. The fraction of sp³-hybridized carbons (Fsp3) is 0.467. The van der Waals surface area contributed by atoms with Crippen molar-refractivity contribution in [2.24, 2.45) is 5.73 Å². The zero-order valence-electron chi connectivity index (χ0n) is 12.3. The molecule has 2 aromatic rings. The quantitative estimate of drug-likeness (QED) is 0.919. The molecular formula is C15H19N4O2. The van der Waals surface area contributed by atoms with Crippen molar-refractivity contribution in [1.82, 2.24) is 9.88 Å². The van der Waals surface area contributed by atoms with Crippen LogP contribution >= 0.6 is 0 Å². The molecule has 6 nitrogen and oxygen atoms in total. The van der Waals surface area contributed by atoms with Gasteiger partial charge >= 0.3 is 0 Å². The smallest absolute Gasteiger partial charge is 0.298 e. The Balaban J connectivity index is 1.86. The molecule has 1 aromatic heterocycles. The lowest BCUT2D eigenvalue weighted by atomic mass is 10.0. The molecule has 0 aliphatic carbocycles. The Bertz CT molecular complexity index is 657. The maximum atomic E-state index is 11.4. The van der Waals surface area contributed by atoms with Crippen LogP contribution in [0.4, 0.5) is 6.01 Å². The highest BCUT2D eigenvalue weighted by molar-refractivity contribution is 6.03. The van der Waals surface area contributed by atoms with Crippen molar-refractivity contribution in [2.45, 2.75) is 18.9 Å². The maximum Gasteiger partial charge on any atom is 0.298 e. The minimum Gasteiger partial charge on any atom is -0.423 e. The highest BCUT2D eigenvalue weighted by Gasteiger charge is 2.24. The molecule has 1 amide bonds. The third kappa shape index (κ3) is 2.58. The number of carbonyl (C=O) groups excluding carboxylic acids is 1. The standard InChI is InChI=1S/C15H19N4O2/c1-18(2)10-6-8-19(9-7-10)15-17-13-11(14(16)20)4-3-5-12(13)21-15/h3,5,10H,6-9H2,1-2H3,(H2,16,20). The Morgan fingerprint density at radius 2 is 2.19 bits per heavy atom. The van der Waals surface area contributed by atoms with Gasteiger partial charge in [-0.3, -0.25) is 4.79 Å². The van der Waals surface area contributed by atoms with E-state index in [1.54, 1.807) is 12.1 Å². The van der Waals surface area contributed by atoms with E-state index < -0.39 is 5.91 Å². The predicted octanol–water partition coefficient (Wildman–Crippen LogP) is 1.26. The van der Waals surface area contributed by atoms with Crippen molar-refractivity contribution in [3.05, 3.63) is 23.8 Å². The summed E-state index contributed by atoms with van der Waals surface area (Å²) >= 11 is 0. The lowest BCUT2D eigenvalue weighted by molar-refractivity contribution is 0.100. The van der Waals surface area contributed by atoms with E-state index in [0.717, 1.165) is 25.9 Å². The topological polar surface area (TPSA) is 75.6 Å². The fourth-order valence-electron chi connectivity index (χ4n) is 2.78. The van der Waals surface area contributed by atoms with E-state index in [-0.39, 0.29) is 5.56 Å². The highest BCUT2D eigenvalue weighted by atomic mass is 16.4. The molecule has 111 valence electrons. The maximum absolute atomic E-state index is 11.4. The van der Waals surface area contributed by atoms with E-state index in [2.05, 4.69) is 34.9 Å². The van der Waals surface area contributed by atoms with Crippen molar-refractivity contribution < 1.29 is 9.21 Å². The largest absolute Gasteiger partial charge is 0.423 e. The third-order valence-electron chi connectivity index (χ3n) is 4.05. The fourth-order valence-corrected chi connectivity index (χ4v) is 2.78. The summed E-state index contributed by atoms with van der Waals surface area (Å²) < 4.78 is 5.77. The van der Waals surface area contributed by atoms with E-state index in [9.17, 15) is 4.79 Å². The first-order valence-corrected chi connectivity index (χ1v) is 7.08. The molecule has 1 aliphatic rings. The van der Waals surface area contributed by atoms with Gasteiger partial charge in [0.25, 0.3) is 11.9 Å². The van der Waals surface area contributed by atoms with Crippen molar-refractivity contribution >= 4 is 23.0 Å². The van der Waals surface area contributed by atoms with Crippen LogP contribution in [0, 0.1) is 6.07 Å². The number of hydrogen-bond acceptors (Lipinski definition) is 5. The molecule has 1 aliphatic heterocycles. The molecule has 0 atom stereocenters. The number of benzene rings is 1. The monoisotopic (exact) mass is 287 g/mol. The summed E-state index contributed by atoms with van der Waals surface area (Å²) in [7, 11) is 4.21. The molecular weight excluding hydrogens is 268 g/mol. The van der Waals surface area contributed by atoms with Gasteiger partial charge in [0.05, 0.1) is 5.56 Å². The van der Waals surface area contributed by atoms with Gasteiger partial charge in [0.2, 0.25) is 0 Å². The van der Waals surface area contributed by atoms with Gasteiger partial charge in [0, 0.05) is 19.1 Å². The van der Waals surface area contributed by atoms with E-state index in [4.69, 9.17) is 10.2 Å². The van der Waals surface area contributed by atoms with Crippen molar-refractivity contribution in [3.8, 4) is 0 Å². The summed E-state index contributed by atoms with van der Waals surface area (Å²) in [6.45, 7) is 1.79. The number of piperidine rings is 1. The van der Waals surface area contributed by atoms with Gasteiger partial charge in [-0.2, -0.15) is 4.98 Å². The molecule has 6 heteroatoms. The zero-order valence-corrected chi connectivity index (χ0v) is 12.3. The van der Waals surface area contributed by atoms with E-state index >= 15 is 0 Å². The number of nitrogens with zero attached hydrogens (tertiary/aromatic N) is 3. The van der Waals surface area contributed by atoms with Crippen molar-refractivity contribution in [2.75, 3.05) is 32.1 Å². The average Bonchev–Trinajstić information content (AvgIpc) is 2.90. The first-order valence-electron chi connectivity index (χ1n) is 7.08. The number of hydrogen-bond donors (Lipinski definition) is 1. The average molecular weight is 287 g/mol. The Labute approximate surface area is 123 Å². The SMILES string of the molecule is CN(C)C1CCN(c2nc3c(C(N)=O)[c]ccc3o2)CC1. The second-order valence-corrected chi connectivity index (χ2v) is 5.61. The normalized spacial score (nSPS) is 16.8. The van der Waals surface area contributed by atoms with Gasteiger partial charge < -0.3 is 20.0 Å². The number of aromatic nitrogens is 1. The minimum absolute atomic E-state index is 0.283. The zero-order chi connectivity index (χ0) is 15.0. The van der Waals surface area contributed by atoms with Gasteiger partial charge in [0.1, 0.15) is 5.52 Å². The molecule has 1 radical (unpaired) electrons. The summed E-state index contributed by atoms with van der Waals surface area (Å²) in [6.07, 6.45) is 2.14. The molecule has 3 rings (SSSR count). The molecule has 1 fully saturated rings. The molecule has 0 bridgehead atoms. The van der Waals surface area contributed by atoms with Crippen LogP contribution in [0.5, 0.6) is 0 Å². The molecule has 0 saturated carbocycles. The van der Waals surface area contributed by atoms with Crippen LogP contribution in [0.2, 0.25) is 0 Å². The number of rotatable bonds is 3. The van der Waals surface area contributed by atoms with Gasteiger partial charge in [-0.05, 0) is 45.1 Å². The van der Waals surface area contributed by atoms with Gasteiger partial charge in [-0.1, -0.05) is 0 Å². The van der Waals surface area contributed by atoms with Crippen molar-refractivity contribution in [1.29, 1.82) is 0 Å². The summed E-state index contributed by atoms with van der Waals surface area (Å²) in [5.41, 5.74) is 6.70. The summed E-state index contributed by atoms with van der Waals surface area (Å²) in [5, 5.41) is 0. The van der Waals surface area contributed by atoms with Gasteiger partial charge in [0.15, 0.2) is 5.58 Å². The number of amides is 1. The summed E-state index contributed by atoms with van der Waals surface area (Å²) in [5.74, 6) is -0.535. The van der Waals surface area contributed by atoms with Crippen molar-refractivity contribution in [3.63, 3.8) is 0 Å². The Kier molecular flexibility index (Phi) is 3.55. The minimum atomic E-state index is -0.535. The Morgan fingerprint density at radius 3 is 2.81 bits per heavy atom. The molecule has 21 heavy (non-hydrogen) atoms. The highest BCUT2D eigenvalue weighted by Crippen LogP contribution is 2.27. The van der Waals surface area contributed by atoms with E-state index in [1.165, 1.54) is 0 Å². The van der Waals surface area contributed by atoms with Crippen LogP contribution in [0.3, 0.4) is 0 Å².